The highest BCUT2D eigenvalue weighted by Gasteiger charge is 2.55. The highest BCUT2D eigenvalue weighted by molar-refractivity contribution is 6.30. The van der Waals surface area contributed by atoms with Gasteiger partial charge >= 0.3 is 6.18 Å². The van der Waals surface area contributed by atoms with Gasteiger partial charge in [0.2, 0.25) is 5.60 Å². The van der Waals surface area contributed by atoms with Crippen LogP contribution in [0.4, 0.5) is 13.2 Å². The van der Waals surface area contributed by atoms with Crippen molar-refractivity contribution < 1.29 is 23.0 Å². The SMILES string of the molecule is CCC(O)(c1cn(Cc2ccc3c(c2)OCC=C3c2ccc(Cl)cc2)nn1)C(F)(F)F. The number of halogens is 4. The second kappa shape index (κ2) is 8.01. The Morgan fingerprint density at radius 2 is 1.90 bits per heavy atom. The molecule has 1 N–H and O–H groups in total. The van der Waals surface area contributed by atoms with Gasteiger partial charge in [-0.05, 0) is 47.4 Å². The zero-order valence-electron chi connectivity index (χ0n) is 16.5. The molecule has 0 spiro atoms. The van der Waals surface area contributed by atoms with E-state index in [1.807, 2.05) is 48.5 Å². The average Bonchev–Trinajstić information content (AvgIpc) is 3.21. The van der Waals surface area contributed by atoms with E-state index in [4.69, 9.17) is 16.3 Å². The molecule has 5 nitrogen and oxygen atoms in total. The number of fused-ring (bicyclic) bond motifs is 1. The Labute approximate surface area is 181 Å². The van der Waals surface area contributed by atoms with Crippen molar-refractivity contribution in [2.24, 2.45) is 0 Å². The van der Waals surface area contributed by atoms with Gasteiger partial charge in [-0.15, -0.1) is 5.10 Å². The summed E-state index contributed by atoms with van der Waals surface area (Å²) in [6, 6.07) is 13.1. The van der Waals surface area contributed by atoms with Gasteiger partial charge in [0.1, 0.15) is 18.1 Å². The summed E-state index contributed by atoms with van der Waals surface area (Å²) >= 11 is 5.98. The highest BCUT2D eigenvalue weighted by atomic mass is 35.5. The Hall–Kier alpha value is -2.84. The van der Waals surface area contributed by atoms with Crippen LogP contribution < -0.4 is 4.74 Å². The van der Waals surface area contributed by atoms with Crippen LogP contribution in [-0.4, -0.2) is 32.9 Å². The topological polar surface area (TPSA) is 60.2 Å². The predicted molar refractivity (Wildman–Crippen MR) is 110 cm³/mol. The summed E-state index contributed by atoms with van der Waals surface area (Å²) in [6.45, 7) is 1.83. The molecule has 0 aliphatic carbocycles. The molecule has 1 unspecified atom stereocenters. The van der Waals surface area contributed by atoms with E-state index in [0.717, 1.165) is 28.5 Å². The molecule has 0 amide bonds. The third-order valence-corrected chi connectivity index (χ3v) is 5.56. The van der Waals surface area contributed by atoms with E-state index in [1.165, 1.54) is 11.6 Å². The summed E-state index contributed by atoms with van der Waals surface area (Å²) in [5.41, 5.74) is 0.167. The summed E-state index contributed by atoms with van der Waals surface area (Å²) in [5.74, 6) is 0.672. The van der Waals surface area contributed by atoms with Gasteiger partial charge < -0.3 is 9.84 Å². The monoisotopic (exact) mass is 449 g/mol. The molecule has 1 aromatic heterocycles. The van der Waals surface area contributed by atoms with Crippen molar-refractivity contribution in [3.63, 3.8) is 0 Å². The van der Waals surface area contributed by atoms with E-state index >= 15 is 0 Å². The molecule has 3 aromatic rings. The fraction of sp³-hybridized carbons (Fsp3) is 0.273. The Kier molecular flexibility index (Phi) is 5.53. The predicted octanol–water partition coefficient (Wildman–Crippen LogP) is 4.96. The first-order chi connectivity index (χ1) is 14.7. The van der Waals surface area contributed by atoms with Crippen molar-refractivity contribution in [2.75, 3.05) is 6.61 Å². The first kappa shape index (κ1) is 21.4. The summed E-state index contributed by atoms with van der Waals surface area (Å²) in [4.78, 5) is 0. The lowest BCUT2D eigenvalue weighted by Crippen LogP contribution is -2.42. The van der Waals surface area contributed by atoms with Gasteiger partial charge in [-0.2, -0.15) is 13.2 Å². The van der Waals surface area contributed by atoms with Crippen LogP contribution in [0.2, 0.25) is 5.02 Å². The van der Waals surface area contributed by atoms with Crippen LogP contribution in [0.5, 0.6) is 5.75 Å². The lowest BCUT2D eigenvalue weighted by molar-refractivity contribution is -0.269. The summed E-state index contributed by atoms with van der Waals surface area (Å²) < 4.78 is 46.8. The molecular formula is C22H19ClF3N3O2. The van der Waals surface area contributed by atoms with E-state index in [0.29, 0.717) is 17.4 Å². The summed E-state index contributed by atoms with van der Waals surface area (Å²) in [5, 5.41) is 18.0. The van der Waals surface area contributed by atoms with E-state index < -0.39 is 23.9 Å². The molecule has 0 radical (unpaired) electrons. The number of rotatable bonds is 5. The van der Waals surface area contributed by atoms with Crippen LogP contribution in [0.15, 0.2) is 54.7 Å². The first-order valence-electron chi connectivity index (χ1n) is 9.63. The molecule has 0 bridgehead atoms. The van der Waals surface area contributed by atoms with Gasteiger partial charge in [-0.1, -0.05) is 48.0 Å². The molecular weight excluding hydrogens is 431 g/mol. The highest BCUT2D eigenvalue weighted by Crippen LogP contribution is 2.40. The third-order valence-electron chi connectivity index (χ3n) is 5.31. The molecule has 0 saturated heterocycles. The summed E-state index contributed by atoms with van der Waals surface area (Å²) in [6.07, 6.45) is -2.29. The van der Waals surface area contributed by atoms with Crippen LogP contribution in [0.25, 0.3) is 5.57 Å². The smallest absolute Gasteiger partial charge is 0.423 e. The second-order valence-electron chi connectivity index (χ2n) is 7.28. The molecule has 2 aromatic carbocycles. The van der Waals surface area contributed by atoms with E-state index in [9.17, 15) is 18.3 Å². The van der Waals surface area contributed by atoms with E-state index in [1.54, 1.807) is 0 Å². The molecule has 4 rings (SSSR count). The van der Waals surface area contributed by atoms with Crippen molar-refractivity contribution in [3.05, 3.63) is 82.1 Å². The minimum absolute atomic E-state index is 0.182. The number of hydrogen-bond donors (Lipinski definition) is 1. The molecule has 1 aliphatic heterocycles. The van der Waals surface area contributed by atoms with E-state index in [-0.39, 0.29) is 6.54 Å². The van der Waals surface area contributed by atoms with Gasteiger partial charge in [0.25, 0.3) is 0 Å². The minimum atomic E-state index is -4.84. The second-order valence-corrected chi connectivity index (χ2v) is 7.72. The normalized spacial score (nSPS) is 15.6. The molecule has 162 valence electrons. The minimum Gasteiger partial charge on any atom is -0.489 e. The quantitative estimate of drug-likeness (QED) is 0.598. The van der Waals surface area contributed by atoms with Crippen molar-refractivity contribution in [1.82, 2.24) is 15.0 Å². The molecule has 1 aliphatic rings. The largest absolute Gasteiger partial charge is 0.489 e. The Balaban J connectivity index is 1.58. The molecule has 9 heteroatoms. The summed E-state index contributed by atoms with van der Waals surface area (Å²) in [7, 11) is 0. The maximum Gasteiger partial charge on any atom is 0.423 e. The molecule has 2 heterocycles. The molecule has 0 saturated carbocycles. The van der Waals surface area contributed by atoms with Crippen LogP contribution in [0, 0.1) is 0 Å². The van der Waals surface area contributed by atoms with Crippen molar-refractivity contribution >= 4 is 17.2 Å². The lowest BCUT2D eigenvalue weighted by atomic mass is 9.94. The van der Waals surface area contributed by atoms with Gasteiger partial charge in [0, 0.05) is 10.6 Å². The van der Waals surface area contributed by atoms with Crippen molar-refractivity contribution in [2.45, 2.75) is 31.7 Å². The van der Waals surface area contributed by atoms with Crippen LogP contribution in [0.1, 0.15) is 35.7 Å². The van der Waals surface area contributed by atoms with Crippen molar-refractivity contribution in [1.29, 1.82) is 0 Å². The number of aliphatic hydroxyl groups is 1. The number of hydrogen-bond acceptors (Lipinski definition) is 4. The fourth-order valence-electron chi connectivity index (χ4n) is 3.51. The Morgan fingerprint density at radius 3 is 2.58 bits per heavy atom. The number of benzene rings is 2. The number of nitrogens with zero attached hydrogens (tertiary/aromatic N) is 3. The fourth-order valence-corrected chi connectivity index (χ4v) is 3.64. The average molecular weight is 450 g/mol. The van der Waals surface area contributed by atoms with Crippen LogP contribution in [0.3, 0.4) is 0 Å². The zero-order valence-corrected chi connectivity index (χ0v) is 17.3. The van der Waals surface area contributed by atoms with Gasteiger partial charge in [-0.3, -0.25) is 0 Å². The lowest BCUT2D eigenvalue weighted by Gasteiger charge is -2.26. The maximum absolute atomic E-state index is 13.3. The zero-order chi connectivity index (χ0) is 22.2. The first-order valence-corrected chi connectivity index (χ1v) is 10.0. The molecule has 0 fully saturated rings. The standard InChI is InChI=1S/C22H19ClF3N3O2/c1-2-21(30,22(24,25)26)20-13-29(28-27-20)12-14-3-8-18-17(9-10-31-19(18)11-14)15-4-6-16(23)7-5-15/h3-9,11,13,30H,2,10,12H2,1H3. The molecule has 1 atom stereocenters. The molecule has 31 heavy (non-hydrogen) atoms. The Morgan fingerprint density at radius 1 is 1.16 bits per heavy atom. The third kappa shape index (κ3) is 4.05. The van der Waals surface area contributed by atoms with Crippen LogP contribution >= 0.6 is 11.6 Å². The Bertz CT molecular complexity index is 1130. The number of alkyl halides is 3. The van der Waals surface area contributed by atoms with Gasteiger partial charge in [0.05, 0.1) is 12.7 Å². The van der Waals surface area contributed by atoms with Crippen molar-refractivity contribution in [3.8, 4) is 5.75 Å². The number of ether oxygens (including phenoxy) is 1. The van der Waals surface area contributed by atoms with Gasteiger partial charge in [0.15, 0.2) is 0 Å². The maximum atomic E-state index is 13.3. The van der Waals surface area contributed by atoms with E-state index in [2.05, 4.69) is 10.3 Å². The van der Waals surface area contributed by atoms with Gasteiger partial charge in [-0.25, -0.2) is 4.68 Å². The van der Waals surface area contributed by atoms with Crippen LogP contribution in [-0.2, 0) is 12.1 Å². The number of aromatic nitrogens is 3.